The first-order chi connectivity index (χ1) is 17.5. The number of guanidine groups is 1. The monoisotopic (exact) mass is 624 g/mol. The molecule has 0 aliphatic carbocycles. The van der Waals surface area contributed by atoms with Crippen LogP contribution in [-0.4, -0.2) is 57.6 Å². The molecule has 37 heavy (non-hydrogen) atoms. The highest BCUT2D eigenvalue weighted by Gasteiger charge is 2.27. The molecule has 3 aromatic rings. The number of nitrogens with zero attached hydrogens (tertiary/aromatic N) is 1. The maximum Gasteiger partial charge on any atom is 0.326 e. The lowest BCUT2D eigenvalue weighted by molar-refractivity contribution is -0.142. The van der Waals surface area contributed by atoms with Crippen molar-refractivity contribution in [1.82, 2.24) is 15.6 Å². The number of nitrogens with two attached hydrogens (primary N) is 2. The average Bonchev–Trinajstić information content (AvgIpc) is 3.28. The smallest absolute Gasteiger partial charge is 0.326 e. The summed E-state index contributed by atoms with van der Waals surface area (Å²) in [6.07, 6.45) is 0.350. The van der Waals surface area contributed by atoms with Crippen molar-refractivity contribution >= 4 is 57.2 Å². The summed E-state index contributed by atoms with van der Waals surface area (Å²) >= 11 is 1.93. The summed E-state index contributed by atoms with van der Waals surface area (Å²) in [7, 11) is 0. The van der Waals surface area contributed by atoms with Crippen LogP contribution in [0.1, 0.15) is 28.9 Å². The second-order valence-corrected chi connectivity index (χ2v) is 9.41. The first kappa shape index (κ1) is 27.7. The Morgan fingerprint density at radius 3 is 2.51 bits per heavy atom. The van der Waals surface area contributed by atoms with Crippen molar-refractivity contribution in [3.8, 4) is 5.75 Å². The number of carbonyl (C=O) groups excluding carboxylic acids is 2. The predicted molar refractivity (Wildman–Crippen MR) is 144 cm³/mol. The molecule has 1 heterocycles. The summed E-state index contributed by atoms with van der Waals surface area (Å²) in [5.41, 5.74) is 11.6. The number of aromatic nitrogens is 1. The Balaban J connectivity index is 1.81. The summed E-state index contributed by atoms with van der Waals surface area (Å²) in [5.74, 6) is -3.24. The Morgan fingerprint density at radius 1 is 1.11 bits per heavy atom. The van der Waals surface area contributed by atoms with E-state index in [-0.39, 0.29) is 42.2 Å². The fraction of sp³-hybridized carbons (Fsp3) is 0.250. The maximum atomic E-state index is 14.1. The minimum absolute atomic E-state index is 0.00276. The number of aliphatic carboxylic acids is 1. The highest BCUT2D eigenvalue weighted by Crippen LogP contribution is 2.22. The number of nitrogens with one attached hydrogen (secondary N) is 3. The number of fused-ring (bicyclic) bond motifs is 1. The van der Waals surface area contributed by atoms with Gasteiger partial charge in [-0.2, -0.15) is 0 Å². The van der Waals surface area contributed by atoms with Gasteiger partial charge in [0.25, 0.3) is 5.91 Å². The van der Waals surface area contributed by atoms with Crippen molar-refractivity contribution in [3.05, 3.63) is 63.1 Å². The topological polar surface area (TPSA) is 196 Å². The molecule has 0 saturated carbocycles. The van der Waals surface area contributed by atoms with E-state index in [0.717, 1.165) is 0 Å². The third kappa shape index (κ3) is 7.55. The van der Waals surface area contributed by atoms with Crippen LogP contribution in [0.3, 0.4) is 0 Å². The minimum Gasteiger partial charge on any atom is -0.507 e. The van der Waals surface area contributed by atoms with Crippen LogP contribution in [0.4, 0.5) is 4.39 Å². The fourth-order valence-corrected chi connectivity index (χ4v) is 4.21. The Hall–Kier alpha value is -3.88. The number of carbonyl (C=O) groups is 3. The number of phenols is 1. The highest BCUT2D eigenvalue weighted by molar-refractivity contribution is 14.1. The van der Waals surface area contributed by atoms with Gasteiger partial charge < -0.3 is 37.3 Å². The Morgan fingerprint density at radius 2 is 1.86 bits per heavy atom. The van der Waals surface area contributed by atoms with Gasteiger partial charge in [-0.15, -0.1) is 0 Å². The molecule has 0 radical (unpaired) electrons. The third-order valence-electron chi connectivity index (χ3n) is 5.49. The number of H-pyrrole nitrogens is 1. The quantitative estimate of drug-likeness (QED) is 0.0728. The van der Waals surface area contributed by atoms with Crippen molar-refractivity contribution in [2.24, 2.45) is 16.5 Å². The first-order valence-electron chi connectivity index (χ1n) is 11.2. The minimum atomic E-state index is -1.26. The largest absolute Gasteiger partial charge is 0.507 e. The fourth-order valence-electron chi connectivity index (χ4n) is 3.63. The van der Waals surface area contributed by atoms with Crippen LogP contribution in [0.5, 0.6) is 5.75 Å². The van der Waals surface area contributed by atoms with Gasteiger partial charge in [0.15, 0.2) is 5.96 Å². The number of aromatic amines is 1. The molecule has 1 aromatic heterocycles. The van der Waals surface area contributed by atoms with Gasteiger partial charge in [-0.3, -0.25) is 14.6 Å². The van der Waals surface area contributed by atoms with Crippen molar-refractivity contribution in [1.29, 1.82) is 0 Å². The zero-order chi connectivity index (χ0) is 27.1. The standard InChI is InChI=1S/C24H26FIN6O5/c25-14-3-1-4-16-13(14)11-19(30-16)22(35)32-18(10-12-6-7-20(33)15(26)9-12)21(34)31-17(23(36)37)5-2-8-29-24(27)28/h1,3-4,6-7,9,11,17-18,30,33H,2,5,8,10H2,(H,31,34)(H,32,35)(H,36,37)(H4,27,28,29)/t17-,18+/m1/s1. The Bertz CT molecular complexity index is 1340. The lowest BCUT2D eigenvalue weighted by Gasteiger charge is -2.21. The van der Waals surface area contributed by atoms with E-state index in [2.05, 4.69) is 20.6 Å². The molecule has 0 unspecified atom stereocenters. The van der Waals surface area contributed by atoms with E-state index in [9.17, 15) is 29.0 Å². The highest BCUT2D eigenvalue weighted by atomic mass is 127. The SMILES string of the molecule is NC(N)=NCCC[C@@H](NC(=O)[C@H](Cc1ccc(O)c(I)c1)NC(=O)c1cc2c(F)cccc2[nH]1)C(=O)O. The molecule has 9 N–H and O–H groups in total. The van der Waals surface area contributed by atoms with Gasteiger partial charge in [-0.25, -0.2) is 9.18 Å². The number of aromatic hydroxyl groups is 1. The van der Waals surface area contributed by atoms with Gasteiger partial charge in [0.1, 0.15) is 29.3 Å². The summed E-state index contributed by atoms with van der Waals surface area (Å²) in [6, 6.07) is 7.97. The molecule has 3 rings (SSSR count). The summed E-state index contributed by atoms with van der Waals surface area (Å²) in [5, 5.41) is 24.7. The molecule has 2 aromatic carbocycles. The molecule has 2 atom stereocenters. The molecule has 0 fully saturated rings. The zero-order valence-electron chi connectivity index (χ0n) is 19.5. The molecule has 2 amide bonds. The number of carboxylic acid groups (broad SMARTS) is 1. The zero-order valence-corrected chi connectivity index (χ0v) is 21.7. The molecule has 0 saturated heterocycles. The van der Waals surface area contributed by atoms with E-state index in [4.69, 9.17) is 11.5 Å². The van der Waals surface area contributed by atoms with Crippen LogP contribution in [0.25, 0.3) is 10.9 Å². The molecular weight excluding hydrogens is 598 g/mol. The lowest BCUT2D eigenvalue weighted by atomic mass is 10.0. The van der Waals surface area contributed by atoms with Gasteiger partial charge in [0.2, 0.25) is 5.91 Å². The number of benzene rings is 2. The summed E-state index contributed by atoms with van der Waals surface area (Å²) in [6.45, 7) is 0.186. The number of amides is 2. The van der Waals surface area contributed by atoms with E-state index < -0.39 is 35.7 Å². The number of halogens is 2. The Labute approximate surface area is 224 Å². The van der Waals surface area contributed by atoms with Crippen LogP contribution < -0.4 is 22.1 Å². The molecule has 0 bridgehead atoms. The molecule has 0 spiro atoms. The van der Waals surface area contributed by atoms with Crippen LogP contribution >= 0.6 is 22.6 Å². The van der Waals surface area contributed by atoms with Crippen LogP contribution in [0, 0.1) is 9.39 Å². The number of aliphatic imine (C=N–C) groups is 1. The molecule has 196 valence electrons. The second kappa shape index (κ2) is 12.4. The van der Waals surface area contributed by atoms with Crippen LogP contribution in [0.2, 0.25) is 0 Å². The number of carboxylic acids is 1. The van der Waals surface area contributed by atoms with Crippen molar-refractivity contribution in [2.45, 2.75) is 31.3 Å². The molecule has 0 aliphatic rings. The van der Waals surface area contributed by atoms with E-state index in [1.807, 2.05) is 22.6 Å². The van der Waals surface area contributed by atoms with Crippen molar-refractivity contribution < 1.29 is 29.0 Å². The van der Waals surface area contributed by atoms with Gasteiger partial charge >= 0.3 is 5.97 Å². The van der Waals surface area contributed by atoms with Crippen molar-refractivity contribution in [2.75, 3.05) is 6.54 Å². The normalized spacial score (nSPS) is 12.5. The Kier molecular flexibility index (Phi) is 9.27. The van der Waals surface area contributed by atoms with Gasteiger partial charge in [0.05, 0.1) is 3.57 Å². The average molecular weight is 624 g/mol. The number of rotatable bonds is 11. The number of phenolic OH excluding ortho intramolecular Hbond substituents is 1. The van der Waals surface area contributed by atoms with Gasteiger partial charge in [-0.05, 0) is 71.3 Å². The maximum absolute atomic E-state index is 14.1. The molecular formula is C24H26FIN6O5. The predicted octanol–water partition coefficient (Wildman–Crippen LogP) is 1.58. The first-order valence-corrected chi connectivity index (χ1v) is 12.3. The molecule has 11 nitrogen and oxygen atoms in total. The number of hydrogen-bond donors (Lipinski definition) is 7. The number of hydrogen-bond acceptors (Lipinski definition) is 5. The van der Waals surface area contributed by atoms with Crippen molar-refractivity contribution in [3.63, 3.8) is 0 Å². The van der Waals surface area contributed by atoms with Gasteiger partial charge in [-0.1, -0.05) is 12.1 Å². The van der Waals surface area contributed by atoms with Gasteiger partial charge in [0, 0.05) is 23.9 Å². The summed E-state index contributed by atoms with van der Waals surface area (Å²) in [4.78, 5) is 44.5. The lowest BCUT2D eigenvalue weighted by Crippen LogP contribution is -2.52. The van der Waals surface area contributed by atoms with E-state index in [1.54, 1.807) is 18.2 Å². The molecule has 0 aliphatic heterocycles. The summed E-state index contributed by atoms with van der Waals surface area (Å²) < 4.78 is 14.6. The third-order valence-corrected chi connectivity index (χ3v) is 6.35. The van der Waals surface area contributed by atoms with E-state index in [1.165, 1.54) is 24.3 Å². The molecule has 13 heteroatoms. The second-order valence-electron chi connectivity index (χ2n) is 8.25. The van der Waals surface area contributed by atoms with E-state index >= 15 is 0 Å². The van der Waals surface area contributed by atoms with Crippen LogP contribution in [-0.2, 0) is 16.0 Å². The van der Waals surface area contributed by atoms with Crippen LogP contribution in [0.15, 0.2) is 47.5 Å². The van der Waals surface area contributed by atoms with E-state index in [0.29, 0.717) is 21.1 Å².